The van der Waals surface area contributed by atoms with Gasteiger partial charge in [0.05, 0.1) is 6.10 Å². The Bertz CT molecular complexity index is 568. The first-order valence-electron chi connectivity index (χ1n) is 7.43. The molecule has 1 N–H and O–H groups in total. The minimum atomic E-state index is -4.52. The number of halogens is 3. The number of amides is 1. The molecule has 1 aromatic rings. The highest BCUT2D eigenvalue weighted by Gasteiger charge is 2.52. The Hall–Kier alpha value is -1.76. The zero-order valence-corrected chi connectivity index (χ0v) is 13.6. The van der Waals surface area contributed by atoms with E-state index in [-0.39, 0.29) is 18.1 Å². The monoisotopic (exact) mass is 330 g/mol. The van der Waals surface area contributed by atoms with E-state index in [0.29, 0.717) is 5.75 Å². The van der Waals surface area contributed by atoms with Crippen LogP contribution in [0, 0.1) is 0 Å². The van der Waals surface area contributed by atoms with Gasteiger partial charge in [0.15, 0.2) is 6.04 Å². The van der Waals surface area contributed by atoms with Gasteiger partial charge in [-0.25, -0.2) is 0 Å². The lowest BCUT2D eigenvalue weighted by atomic mass is 9.97. The van der Waals surface area contributed by atoms with Crippen LogP contribution in [0.15, 0.2) is 24.3 Å². The van der Waals surface area contributed by atoms with E-state index in [1.165, 1.54) is 24.3 Å². The molecule has 1 saturated heterocycles. The van der Waals surface area contributed by atoms with Crippen molar-refractivity contribution in [3.8, 4) is 5.75 Å². The summed E-state index contributed by atoms with van der Waals surface area (Å²) in [7, 11) is 0. The first kappa shape index (κ1) is 17.6. The first-order chi connectivity index (χ1) is 10.5. The fourth-order valence-corrected chi connectivity index (χ4v) is 2.70. The van der Waals surface area contributed by atoms with Gasteiger partial charge < -0.3 is 4.74 Å². The van der Waals surface area contributed by atoms with Gasteiger partial charge in [-0.3, -0.25) is 10.2 Å². The number of nitrogens with zero attached hydrogens (tertiary/aromatic N) is 1. The number of rotatable bonds is 4. The lowest BCUT2D eigenvalue weighted by molar-refractivity contribution is -0.203. The summed E-state index contributed by atoms with van der Waals surface area (Å²) >= 11 is 0. The van der Waals surface area contributed by atoms with Gasteiger partial charge in [-0.05, 0) is 45.4 Å². The van der Waals surface area contributed by atoms with Crippen LogP contribution in [-0.4, -0.2) is 28.7 Å². The molecule has 1 aromatic carbocycles. The fraction of sp³-hybridized carbons (Fsp3) is 0.562. The van der Waals surface area contributed by atoms with Crippen LogP contribution in [0.3, 0.4) is 0 Å². The molecule has 23 heavy (non-hydrogen) atoms. The summed E-state index contributed by atoms with van der Waals surface area (Å²) in [5, 5.41) is 0.994. The molecule has 1 fully saturated rings. The molecule has 2 rings (SSSR count). The van der Waals surface area contributed by atoms with E-state index in [0.717, 1.165) is 5.01 Å². The van der Waals surface area contributed by atoms with Gasteiger partial charge in [0.25, 0.3) is 0 Å². The van der Waals surface area contributed by atoms with E-state index in [9.17, 15) is 18.0 Å². The van der Waals surface area contributed by atoms with Crippen molar-refractivity contribution in [1.29, 1.82) is 0 Å². The second kappa shape index (κ2) is 6.03. The average Bonchev–Trinajstić information content (AvgIpc) is 2.62. The van der Waals surface area contributed by atoms with Crippen molar-refractivity contribution in [3.63, 3.8) is 0 Å². The minimum Gasteiger partial charge on any atom is -0.491 e. The summed E-state index contributed by atoms with van der Waals surface area (Å²) in [6, 6.07) is 3.89. The van der Waals surface area contributed by atoms with Crippen LogP contribution >= 0.6 is 0 Å². The summed E-state index contributed by atoms with van der Waals surface area (Å²) < 4.78 is 46.3. The third-order valence-electron chi connectivity index (χ3n) is 3.63. The van der Waals surface area contributed by atoms with Crippen molar-refractivity contribution in [1.82, 2.24) is 10.4 Å². The second-order valence-electron chi connectivity index (χ2n) is 6.57. The highest BCUT2D eigenvalue weighted by molar-refractivity contribution is 5.79. The SMILES string of the molecule is CC(C)Oc1ccc([C@H](N2NC(=O)CC2(C)C)C(F)(F)F)cc1. The van der Waals surface area contributed by atoms with Gasteiger partial charge in [0.2, 0.25) is 5.91 Å². The molecule has 0 bridgehead atoms. The Labute approximate surface area is 133 Å². The Balaban J connectivity index is 2.35. The summed E-state index contributed by atoms with van der Waals surface area (Å²) in [5.41, 5.74) is 1.47. The summed E-state index contributed by atoms with van der Waals surface area (Å²) in [5.74, 6) is 0.0957. The molecule has 0 spiro atoms. The number of hydrogen-bond donors (Lipinski definition) is 1. The van der Waals surface area contributed by atoms with Crippen molar-refractivity contribution < 1.29 is 22.7 Å². The van der Waals surface area contributed by atoms with Gasteiger partial charge in [-0.2, -0.15) is 18.2 Å². The lowest BCUT2D eigenvalue weighted by Gasteiger charge is -2.37. The molecule has 0 saturated carbocycles. The van der Waals surface area contributed by atoms with E-state index in [1.807, 2.05) is 13.8 Å². The van der Waals surface area contributed by atoms with Gasteiger partial charge in [0, 0.05) is 12.0 Å². The van der Waals surface area contributed by atoms with E-state index in [4.69, 9.17) is 4.74 Å². The molecule has 1 heterocycles. The molecule has 128 valence electrons. The van der Waals surface area contributed by atoms with Crippen molar-refractivity contribution in [3.05, 3.63) is 29.8 Å². The van der Waals surface area contributed by atoms with Crippen molar-refractivity contribution in [2.24, 2.45) is 0 Å². The number of carbonyl (C=O) groups is 1. The number of hydrazine groups is 1. The molecule has 4 nitrogen and oxygen atoms in total. The predicted octanol–water partition coefficient (Wildman–Crippen LogP) is 3.59. The summed E-state index contributed by atoms with van der Waals surface area (Å²) in [6.07, 6.45) is -4.56. The Kier molecular flexibility index (Phi) is 4.61. The van der Waals surface area contributed by atoms with Crippen LogP contribution in [0.4, 0.5) is 13.2 Å². The quantitative estimate of drug-likeness (QED) is 0.917. The molecule has 1 aliphatic heterocycles. The van der Waals surface area contributed by atoms with Crippen molar-refractivity contribution in [2.45, 2.75) is 58.0 Å². The molecule has 0 radical (unpaired) electrons. The Morgan fingerprint density at radius 2 is 1.78 bits per heavy atom. The highest BCUT2D eigenvalue weighted by atomic mass is 19.4. The minimum absolute atomic E-state index is 0.0219. The number of carbonyl (C=O) groups excluding carboxylic acids is 1. The van der Waals surface area contributed by atoms with Crippen LogP contribution < -0.4 is 10.2 Å². The standard InChI is InChI=1S/C16H21F3N2O2/c1-10(2)23-12-7-5-11(6-8-12)14(16(17,18)19)21-15(3,4)9-13(22)20-21/h5-8,10,14H,9H2,1-4H3,(H,20,22)/t14-/m0/s1. The van der Waals surface area contributed by atoms with Gasteiger partial charge in [-0.15, -0.1) is 0 Å². The highest BCUT2D eigenvalue weighted by Crippen LogP contribution is 2.42. The summed E-state index contributed by atoms with van der Waals surface area (Å²) in [4.78, 5) is 11.6. The molecule has 1 amide bonds. The van der Waals surface area contributed by atoms with Crippen molar-refractivity contribution in [2.75, 3.05) is 0 Å². The zero-order valence-electron chi connectivity index (χ0n) is 13.6. The normalized spacial score (nSPS) is 19.7. The fourth-order valence-electron chi connectivity index (χ4n) is 2.70. The predicted molar refractivity (Wildman–Crippen MR) is 79.7 cm³/mol. The molecular weight excluding hydrogens is 309 g/mol. The number of benzene rings is 1. The van der Waals surface area contributed by atoms with Crippen LogP contribution in [0.25, 0.3) is 0 Å². The van der Waals surface area contributed by atoms with E-state index < -0.39 is 23.7 Å². The van der Waals surface area contributed by atoms with E-state index in [2.05, 4.69) is 5.43 Å². The third kappa shape index (κ3) is 3.96. The van der Waals surface area contributed by atoms with Gasteiger partial charge >= 0.3 is 6.18 Å². The molecule has 7 heteroatoms. The Morgan fingerprint density at radius 3 is 2.17 bits per heavy atom. The maximum Gasteiger partial charge on any atom is 0.409 e. The first-order valence-corrected chi connectivity index (χ1v) is 7.43. The Morgan fingerprint density at radius 1 is 1.22 bits per heavy atom. The van der Waals surface area contributed by atoms with E-state index in [1.54, 1.807) is 13.8 Å². The maximum atomic E-state index is 13.6. The molecule has 0 aromatic heterocycles. The average molecular weight is 330 g/mol. The molecule has 1 aliphatic rings. The van der Waals surface area contributed by atoms with Crippen molar-refractivity contribution >= 4 is 5.91 Å². The number of hydrogen-bond acceptors (Lipinski definition) is 3. The number of ether oxygens (including phenoxy) is 1. The maximum absolute atomic E-state index is 13.6. The largest absolute Gasteiger partial charge is 0.491 e. The van der Waals surface area contributed by atoms with Gasteiger partial charge in [0.1, 0.15) is 5.75 Å². The van der Waals surface area contributed by atoms with Crippen LogP contribution in [0.2, 0.25) is 0 Å². The zero-order chi connectivity index (χ0) is 17.4. The second-order valence-corrected chi connectivity index (χ2v) is 6.57. The smallest absolute Gasteiger partial charge is 0.409 e. The van der Waals surface area contributed by atoms with Crippen LogP contribution in [-0.2, 0) is 4.79 Å². The van der Waals surface area contributed by atoms with Crippen LogP contribution in [0.5, 0.6) is 5.75 Å². The number of nitrogens with one attached hydrogen (secondary N) is 1. The lowest BCUT2D eigenvalue weighted by Crippen LogP contribution is -2.51. The third-order valence-corrected chi connectivity index (χ3v) is 3.63. The molecule has 0 aliphatic carbocycles. The molecule has 0 unspecified atom stereocenters. The molecule has 1 atom stereocenters. The molecular formula is C16H21F3N2O2. The van der Waals surface area contributed by atoms with Crippen LogP contribution in [0.1, 0.15) is 45.7 Å². The summed E-state index contributed by atoms with van der Waals surface area (Å²) in [6.45, 7) is 6.91. The topological polar surface area (TPSA) is 41.6 Å². The number of alkyl halides is 3. The van der Waals surface area contributed by atoms with Gasteiger partial charge in [-0.1, -0.05) is 12.1 Å². The van der Waals surface area contributed by atoms with E-state index >= 15 is 0 Å².